The second-order valence-corrected chi connectivity index (χ2v) is 6.68. The molecule has 3 rings (SSSR count). The molecule has 0 heterocycles. The first-order valence-corrected chi connectivity index (χ1v) is 9.07. The fourth-order valence-corrected chi connectivity index (χ4v) is 2.98. The predicted molar refractivity (Wildman–Crippen MR) is 108 cm³/mol. The van der Waals surface area contributed by atoms with E-state index < -0.39 is 12.1 Å². The number of carbonyl (C=O) groups excluding carboxylic acids is 1. The number of aryl methyl sites for hydroxylation is 1. The quantitative estimate of drug-likeness (QED) is 0.383. The van der Waals surface area contributed by atoms with Gasteiger partial charge in [0.1, 0.15) is 25.1 Å². The lowest BCUT2D eigenvalue weighted by molar-refractivity contribution is -0.142. The van der Waals surface area contributed by atoms with Crippen molar-refractivity contribution in [3.8, 4) is 5.75 Å². The van der Waals surface area contributed by atoms with Gasteiger partial charge in [0.15, 0.2) is 0 Å². The molecule has 1 atom stereocenters. The zero-order chi connectivity index (χ0) is 19.4. The Morgan fingerprint density at radius 3 is 2.56 bits per heavy atom. The summed E-state index contributed by atoms with van der Waals surface area (Å²) in [5.74, 6) is 0.216. The number of fused-ring (bicyclic) bond motifs is 2. The fourth-order valence-electron chi connectivity index (χ4n) is 2.98. The molecule has 0 saturated carbocycles. The number of benzene rings is 3. The van der Waals surface area contributed by atoms with E-state index in [0.717, 1.165) is 33.7 Å². The standard InChI is InChI=1S/C23H24O4/c1-4-16-9-10-21-18(11-16)12-17-7-5-6-8-20(17)22(21)26-13-19(24)14-27-23(25)15(2)3/h5-12,19,24H,2,4,13-14H2,1,3H3. The minimum atomic E-state index is -0.919. The molecule has 3 aromatic rings. The van der Waals surface area contributed by atoms with Crippen LogP contribution in [0.25, 0.3) is 21.5 Å². The highest BCUT2D eigenvalue weighted by atomic mass is 16.5. The third-order valence-corrected chi connectivity index (χ3v) is 4.46. The average Bonchev–Trinajstić information content (AvgIpc) is 2.68. The summed E-state index contributed by atoms with van der Waals surface area (Å²) in [6.07, 6.45) is 0.0448. The maximum absolute atomic E-state index is 11.5. The van der Waals surface area contributed by atoms with Crippen molar-refractivity contribution in [3.63, 3.8) is 0 Å². The van der Waals surface area contributed by atoms with E-state index in [-0.39, 0.29) is 13.2 Å². The highest BCUT2D eigenvalue weighted by molar-refractivity contribution is 6.05. The lowest BCUT2D eigenvalue weighted by Gasteiger charge is -2.16. The zero-order valence-corrected chi connectivity index (χ0v) is 15.7. The molecule has 1 N–H and O–H groups in total. The Bertz CT molecular complexity index is 990. The summed E-state index contributed by atoms with van der Waals surface area (Å²) < 4.78 is 11.0. The Morgan fingerprint density at radius 1 is 1.07 bits per heavy atom. The highest BCUT2D eigenvalue weighted by Gasteiger charge is 2.14. The van der Waals surface area contributed by atoms with Crippen LogP contribution in [0, 0.1) is 0 Å². The largest absolute Gasteiger partial charge is 0.489 e. The van der Waals surface area contributed by atoms with Gasteiger partial charge in [-0.2, -0.15) is 0 Å². The maximum atomic E-state index is 11.5. The monoisotopic (exact) mass is 364 g/mol. The van der Waals surface area contributed by atoms with Gasteiger partial charge in [0.05, 0.1) is 0 Å². The van der Waals surface area contributed by atoms with Crippen LogP contribution in [0.4, 0.5) is 0 Å². The summed E-state index contributed by atoms with van der Waals surface area (Å²) in [5, 5.41) is 14.3. The first-order chi connectivity index (χ1) is 13.0. The SMILES string of the molecule is C=C(C)C(=O)OCC(O)COc1c2ccccc2cc2cc(CC)ccc12. The minimum Gasteiger partial charge on any atom is -0.489 e. The molecule has 0 spiro atoms. The summed E-state index contributed by atoms with van der Waals surface area (Å²) in [7, 11) is 0. The number of aliphatic hydroxyl groups is 1. The Balaban J connectivity index is 1.87. The number of carbonyl (C=O) groups is 1. The van der Waals surface area contributed by atoms with Gasteiger partial charge in [-0.05, 0) is 35.7 Å². The topological polar surface area (TPSA) is 55.8 Å². The van der Waals surface area contributed by atoms with Gasteiger partial charge < -0.3 is 14.6 Å². The van der Waals surface area contributed by atoms with E-state index in [4.69, 9.17) is 9.47 Å². The molecule has 0 bridgehead atoms. The number of esters is 1. The van der Waals surface area contributed by atoms with Crippen LogP contribution in [0.1, 0.15) is 19.4 Å². The number of ether oxygens (including phenoxy) is 2. The van der Waals surface area contributed by atoms with E-state index in [1.807, 2.05) is 24.3 Å². The number of aliphatic hydroxyl groups excluding tert-OH is 1. The van der Waals surface area contributed by atoms with Crippen molar-refractivity contribution in [2.24, 2.45) is 0 Å². The Hall–Kier alpha value is -2.85. The van der Waals surface area contributed by atoms with Crippen LogP contribution < -0.4 is 4.74 Å². The number of rotatable bonds is 7. The Labute approximate surface area is 159 Å². The van der Waals surface area contributed by atoms with Crippen LogP contribution >= 0.6 is 0 Å². The van der Waals surface area contributed by atoms with Crippen LogP contribution in [0.5, 0.6) is 5.75 Å². The summed E-state index contributed by atoms with van der Waals surface area (Å²) in [4.78, 5) is 11.5. The lowest BCUT2D eigenvalue weighted by Crippen LogP contribution is -2.25. The molecule has 140 valence electrons. The van der Waals surface area contributed by atoms with E-state index in [0.29, 0.717) is 5.57 Å². The van der Waals surface area contributed by atoms with Gasteiger partial charge >= 0.3 is 5.97 Å². The summed E-state index contributed by atoms with van der Waals surface area (Å²) in [5.41, 5.74) is 1.56. The third kappa shape index (κ3) is 4.29. The second-order valence-electron chi connectivity index (χ2n) is 6.68. The molecule has 0 fully saturated rings. The number of hydrogen-bond donors (Lipinski definition) is 1. The summed E-state index contributed by atoms with van der Waals surface area (Å²) in [6.45, 7) is 7.12. The van der Waals surface area contributed by atoms with Crippen LogP contribution in [0.3, 0.4) is 0 Å². The molecule has 3 aromatic carbocycles. The van der Waals surface area contributed by atoms with Gasteiger partial charge in [-0.25, -0.2) is 4.79 Å². The molecule has 4 heteroatoms. The van der Waals surface area contributed by atoms with E-state index in [1.54, 1.807) is 6.92 Å². The van der Waals surface area contributed by atoms with Crippen LogP contribution in [-0.4, -0.2) is 30.4 Å². The van der Waals surface area contributed by atoms with Crippen LogP contribution in [0.2, 0.25) is 0 Å². The molecule has 0 radical (unpaired) electrons. The summed E-state index contributed by atoms with van der Waals surface area (Å²) >= 11 is 0. The van der Waals surface area contributed by atoms with Gasteiger partial charge in [-0.15, -0.1) is 0 Å². The van der Waals surface area contributed by atoms with E-state index in [2.05, 4.69) is 37.8 Å². The van der Waals surface area contributed by atoms with Gasteiger partial charge in [0.25, 0.3) is 0 Å². The minimum absolute atomic E-state index is 0.0299. The average molecular weight is 364 g/mol. The molecule has 27 heavy (non-hydrogen) atoms. The van der Waals surface area contributed by atoms with Crippen molar-refractivity contribution in [2.75, 3.05) is 13.2 Å². The first kappa shape index (κ1) is 18.9. The Kier molecular flexibility index (Phi) is 5.77. The molecule has 0 saturated heterocycles. The fraction of sp³-hybridized carbons (Fsp3) is 0.261. The van der Waals surface area contributed by atoms with Gasteiger partial charge in [0.2, 0.25) is 0 Å². The molecule has 0 aromatic heterocycles. The van der Waals surface area contributed by atoms with Crippen LogP contribution in [-0.2, 0) is 16.0 Å². The van der Waals surface area contributed by atoms with Crippen molar-refractivity contribution in [2.45, 2.75) is 26.4 Å². The zero-order valence-electron chi connectivity index (χ0n) is 15.7. The van der Waals surface area contributed by atoms with Crippen molar-refractivity contribution < 1.29 is 19.4 Å². The summed E-state index contributed by atoms with van der Waals surface area (Å²) in [6, 6.07) is 16.5. The van der Waals surface area contributed by atoms with E-state index in [9.17, 15) is 9.90 Å². The highest BCUT2D eigenvalue weighted by Crippen LogP contribution is 2.35. The molecule has 0 aliphatic heterocycles. The molecule has 0 amide bonds. The van der Waals surface area contributed by atoms with Crippen molar-refractivity contribution in [1.29, 1.82) is 0 Å². The molecule has 0 aliphatic rings. The smallest absolute Gasteiger partial charge is 0.333 e. The van der Waals surface area contributed by atoms with Crippen molar-refractivity contribution in [3.05, 3.63) is 66.2 Å². The number of hydrogen-bond acceptors (Lipinski definition) is 4. The molecule has 0 aliphatic carbocycles. The second kappa shape index (κ2) is 8.23. The van der Waals surface area contributed by atoms with Crippen LogP contribution in [0.15, 0.2) is 60.7 Å². The molecule has 1 unspecified atom stereocenters. The normalized spacial score (nSPS) is 12.1. The first-order valence-electron chi connectivity index (χ1n) is 9.07. The Morgan fingerprint density at radius 2 is 1.81 bits per heavy atom. The van der Waals surface area contributed by atoms with Gasteiger partial charge in [0, 0.05) is 16.3 Å². The van der Waals surface area contributed by atoms with Crippen molar-refractivity contribution in [1.82, 2.24) is 0 Å². The molecule has 4 nitrogen and oxygen atoms in total. The van der Waals surface area contributed by atoms with E-state index >= 15 is 0 Å². The third-order valence-electron chi connectivity index (χ3n) is 4.46. The molecular formula is C23H24O4. The predicted octanol–water partition coefficient (Wildman–Crippen LogP) is 4.41. The van der Waals surface area contributed by atoms with Crippen molar-refractivity contribution >= 4 is 27.5 Å². The van der Waals surface area contributed by atoms with Gasteiger partial charge in [-0.1, -0.05) is 56.0 Å². The maximum Gasteiger partial charge on any atom is 0.333 e. The van der Waals surface area contributed by atoms with E-state index in [1.165, 1.54) is 5.56 Å². The lowest BCUT2D eigenvalue weighted by atomic mass is 9.99. The molecular weight excluding hydrogens is 340 g/mol. The van der Waals surface area contributed by atoms with Gasteiger partial charge in [-0.3, -0.25) is 0 Å².